The van der Waals surface area contributed by atoms with Gasteiger partial charge in [0, 0.05) is 12.7 Å². The molecule has 0 bridgehead atoms. The van der Waals surface area contributed by atoms with Gasteiger partial charge in [-0.25, -0.2) is 0 Å². The third-order valence-electron chi connectivity index (χ3n) is 3.03. The predicted molar refractivity (Wildman–Crippen MR) is 67.0 cm³/mol. The molecule has 3 heteroatoms. The molecular formula is C14H15NO2. The fourth-order valence-electron chi connectivity index (χ4n) is 2.17. The van der Waals surface area contributed by atoms with Gasteiger partial charge in [0.05, 0.1) is 5.92 Å². The van der Waals surface area contributed by atoms with E-state index in [4.69, 9.17) is 0 Å². The molecule has 0 N–H and O–H groups in total. The molecule has 0 saturated carbocycles. The smallest absolute Gasteiger partial charge is 0.234 e. The number of benzene rings is 1. The Morgan fingerprint density at radius 1 is 1.41 bits per heavy atom. The van der Waals surface area contributed by atoms with E-state index in [0.29, 0.717) is 6.42 Å². The van der Waals surface area contributed by atoms with Crippen LogP contribution < -0.4 is 4.90 Å². The maximum absolute atomic E-state index is 12.0. The van der Waals surface area contributed by atoms with Gasteiger partial charge in [-0.2, -0.15) is 0 Å². The molecule has 88 valence electrons. The van der Waals surface area contributed by atoms with Crippen LogP contribution in [0.3, 0.4) is 0 Å². The van der Waals surface area contributed by atoms with E-state index in [0.717, 1.165) is 11.3 Å². The summed E-state index contributed by atoms with van der Waals surface area (Å²) in [6.07, 6.45) is 3.88. The topological polar surface area (TPSA) is 37.4 Å². The molecule has 1 heterocycles. The zero-order valence-electron chi connectivity index (χ0n) is 10.0. The normalized spacial score (nSPS) is 18.8. The van der Waals surface area contributed by atoms with Crippen LogP contribution in [0, 0.1) is 0 Å². The van der Waals surface area contributed by atoms with Crippen molar-refractivity contribution in [3.8, 4) is 0 Å². The molecule has 1 aromatic rings. The Morgan fingerprint density at radius 2 is 2.12 bits per heavy atom. The average molecular weight is 229 g/mol. The van der Waals surface area contributed by atoms with E-state index in [2.05, 4.69) is 0 Å². The quantitative estimate of drug-likeness (QED) is 0.746. The van der Waals surface area contributed by atoms with Crippen molar-refractivity contribution < 1.29 is 9.59 Å². The Hall–Kier alpha value is -1.90. The third-order valence-corrected chi connectivity index (χ3v) is 3.03. The summed E-state index contributed by atoms with van der Waals surface area (Å²) in [6.45, 7) is 1.51. The average Bonchev–Trinajstić information content (AvgIpc) is 2.54. The highest BCUT2D eigenvalue weighted by atomic mass is 16.2. The van der Waals surface area contributed by atoms with Crippen LogP contribution in [0.5, 0.6) is 0 Å². The number of hydrogen-bond acceptors (Lipinski definition) is 2. The highest BCUT2D eigenvalue weighted by Gasteiger charge is 2.33. The molecule has 0 aromatic heterocycles. The van der Waals surface area contributed by atoms with Crippen LogP contribution >= 0.6 is 0 Å². The predicted octanol–water partition coefficient (Wildman–Crippen LogP) is 2.28. The number of nitrogens with zero attached hydrogens (tertiary/aromatic N) is 1. The summed E-state index contributed by atoms with van der Waals surface area (Å²) < 4.78 is 0. The summed E-state index contributed by atoms with van der Waals surface area (Å²) in [5.41, 5.74) is 2.02. The lowest BCUT2D eigenvalue weighted by atomic mass is 9.97. The van der Waals surface area contributed by atoms with Crippen LogP contribution in [0.15, 0.2) is 36.4 Å². The highest BCUT2D eigenvalue weighted by molar-refractivity contribution is 6.04. The van der Waals surface area contributed by atoms with Crippen LogP contribution in [-0.4, -0.2) is 18.7 Å². The van der Waals surface area contributed by atoms with Gasteiger partial charge >= 0.3 is 0 Å². The molecule has 2 rings (SSSR count). The van der Waals surface area contributed by atoms with Gasteiger partial charge < -0.3 is 4.90 Å². The van der Waals surface area contributed by atoms with Gasteiger partial charge in [0.2, 0.25) is 5.91 Å². The fraction of sp³-hybridized carbons (Fsp3) is 0.286. The molecule has 1 aromatic carbocycles. The van der Waals surface area contributed by atoms with Crippen LogP contribution in [0.4, 0.5) is 5.69 Å². The second-order valence-electron chi connectivity index (χ2n) is 4.26. The zero-order chi connectivity index (χ0) is 12.4. The summed E-state index contributed by atoms with van der Waals surface area (Å²) in [4.78, 5) is 24.6. The second kappa shape index (κ2) is 4.53. The first-order valence-electron chi connectivity index (χ1n) is 5.65. The Bertz CT molecular complexity index is 491. The molecule has 0 radical (unpaired) electrons. The fourth-order valence-corrected chi connectivity index (χ4v) is 2.17. The number of para-hydroxylation sites is 1. The van der Waals surface area contributed by atoms with Crippen molar-refractivity contribution in [3.05, 3.63) is 42.0 Å². The van der Waals surface area contributed by atoms with Crippen LogP contribution in [0.1, 0.15) is 24.8 Å². The van der Waals surface area contributed by atoms with E-state index in [1.54, 1.807) is 18.0 Å². The zero-order valence-corrected chi connectivity index (χ0v) is 10.0. The molecule has 1 amide bonds. The van der Waals surface area contributed by atoms with E-state index in [-0.39, 0.29) is 17.6 Å². The minimum Gasteiger partial charge on any atom is -0.315 e. The van der Waals surface area contributed by atoms with Gasteiger partial charge in [-0.1, -0.05) is 24.3 Å². The molecule has 0 aliphatic carbocycles. The second-order valence-corrected chi connectivity index (χ2v) is 4.26. The lowest BCUT2D eigenvalue weighted by Crippen LogP contribution is -2.23. The number of carbonyl (C=O) groups excluding carboxylic acids is 2. The number of likely N-dealkylation sites (N-methyl/N-ethyl adjacent to an activating group) is 1. The van der Waals surface area contributed by atoms with Crippen molar-refractivity contribution in [3.63, 3.8) is 0 Å². The van der Waals surface area contributed by atoms with Gasteiger partial charge in [0.25, 0.3) is 0 Å². The van der Waals surface area contributed by atoms with E-state index in [1.165, 1.54) is 13.0 Å². The monoisotopic (exact) mass is 229 g/mol. The number of carbonyl (C=O) groups is 2. The minimum absolute atomic E-state index is 0.0112. The molecule has 1 atom stereocenters. The summed E-state index contributed by atoms with van der Waals surface area (Å²) in [6, 6.07) is 7.79. The van der Waals surface area contributed by atoms with Gasteiger partial charge in [-0.05, 0) is 31.1 Å². The first-order chi connectivity index (χ1) is 8.11. The van der Waals surface area contributed by atoms with E-state index in [1.807, 2.05) is 24.3 Å². The van der Waals surface area contributed by atoms with E-state index >= 15 is 0 Å². The van der Waals surface area contributed by atoms with Crippen LogP contribution in [-0.2, 0) is 9.59 Å². The van der Waals surface area contributed by atoms with Crippen LogP contribution in [0.25, 0.3) is 0 Å². The first-order valence-corrected chi connectivity index (χ1v) is 5.65. The summed E-state index contributed by atoms with van der Waals surface area (Å²) in [7, 11) is 1.79. The van der Waals surface area contributed by atoms with Crippen molar-refractivity contribution >= 4 is 17.4 Å². The number of allylic oxidation sites excluding steroid dienone is 2. The standard InChI is InChI=1S/C14H15NO2/c1-10(16)6-5-8-12-11-7-3-4-9-13(11)15(2)14(12)17/h3-7,9,12H,8H2,1-2H3/b6-5+. The molecular weight excluding hydrogens is 214 g/mol. The largest absolute Gasteiger partial charge is 0.315 e. The van der Waals surface area contributed by atoms with Crippen molar-refractivity contribution in [2.45, 2.75) is 19.3 Å². The van der Waals surface area contributed by atoms with Crippen molar-refractivity contribution in [2.75, 3.05) is 11.9 Å². The van der Waals surface area contributed by atoms with Gasteiger partial charge in [-0.15, -0.1) is 0 Å². The maximum atomic E-state index is 12.0. The van der Waals surface area contributed by atoms with Crippen molar-refractivity contribution in [2.24, 2.45) is 0 Å². The Balaban J connectivity index is 2.24. The van der Waals surface area contributed by atoms with Crippen LogP contribution in [0.2, 0.25) is 0 Å². The summed E-state index contributed by atoms with van der Waals surface area (Å²) in [5.74, 6) is -0.0386. The number of amides is 1. The SMILES string of the molecule is CC(=O)/C=C/CC1C(=O)N(C)c2ccccc21. The number of anilines is 1. The molecule has 0 fully saturated rings. The summed E-state index contributed by atoms with van der Waals surface area (Å²) in [5, 5.41) is 0. The van der Waals surface area contributed by atoms with E-state index < -0.39 is 0 Å². The molecule has 0 saturated heterocycles. The lowest BCUT2D eigenvalue weighted by Gasteiger charge is -2.09. The number of hydrogen-bond donors (Lipinski definition) is 0. The third kappa shape index (κ3) is 2.13. The number of fused-ring (bicyclic) bond motifs is 1. The molecule has 17 heavy (non-hydrogen) atoms. The highest BCUT2D eigenvalue weighted by Crippen LogP contribution is 2.37. The number of rotatable bonds is 3. The maximum Gasteiger partial charge on any atom is 0.234 e. The lowest BCUT2D eigenvalue weighted by molar-refractivity contribution is -0.119. The molecule has 1 unspecified atom stereocenters. The van der Waals surface area contributed by atoms with E-state index in [9.17, 15) is 9.59 Å². The molecule has 0 spiro atoms. The molecule has 1 aliphatic rings. The van der Waals surface area contributed by atoms with Crippen molar-refractivity contribution in [1.29, 1.82) is 0 Å². The Morgan fingerprint density at radius 3 is 2.82 bits per heavy atom. The van der Waals surface area contributed by atoms with Gasteiger partial charge in [0.1, 0.15) is 0 Å². The van der Waals surface area contributed by atoms with Gasteiger partial charge in [-0.3, -0.25) is 9.59 Å². The summed E-state index contributed by atoms with van der Waals surface area (Å²) >= 11 is 0. The molecule has 3 nitrogen and oxygen atoms in total. The number of ketones is 1. The molecule has 1 aliphatic heterocycles. The Kier molecular flexibility index (Phi) is 3.09. The Labute approximate surface area is 101 Å². The van der Waals surface area contributed by atoms with Crippen molar-refractivity contribution in [1.82, 2.24) is 0 Å². The first kappa shape index (κ1) is 11.6. The minimum atomic E-state index is -0.146. The van der Waals surface area contributed by atoms with Gasteiger partial charge in [0.15, 0.2) is 5.78 Å².